The van der Waals surface area contributed by atoms with Gasteiger partial charge in [-0.1, -0.05) is 18.2 Å². The third-order valence-electron chi connectivity index (χ3n) is 6.13. The molecule has 7 heteroatoms. The second kappa shape index (κ2) is 7.55. The van der Waals surface area contributed by atoms with Gasteiger partial charge < -0.3 is 9.32 Å². The molecule has 3 aromatic rings. The number of hydrogen-bond acceptors (Lipinski definition) is 4. The maximum atomic E-state index is 14.3. The number of aromatic nitrogens is 2. The molecule has 30 heavy (non-hydrogen) atoms. The fourth-order valence-corrected chi connectivity index (χ4v) is 4.65. The topological polar surface area (TPSA) is 79.2 Å². The second-order valence-electron chi connectivity index (χ2n) is 7.99. The number of halogens is 1. The van der Waals surface area contributed by atoms with Gasteiger partial charge in [0.15, 0.2) is 5.78 Å². The molecule has 1 amide bonds. The predicted molar refractivity (Wildman–Crippen MR) is 108 cm³/mol. The Morgan fingerprint density at radius 2 is 2.07 bits per heavy atom. The summed E-state index contributed by atoms with van der Waals surface area (Å²) in [6.45, 7) is 1.10. The Morgan fingerprint density at radius 3 is 2.93 bits per heavy atom. The van der Waals surface area contributed by atoms with Gasteiger partial charge in [0.2, 0.25) is 0 Å². The van der Waals surface area contributed by atoms with Crippen molar-refractivity contribution in [3.63, 3.8) is 0 Å². The van der Waals surface area contributed by atoms with Gasteiger partial charge in [-0.3, -0.25) is 14.7 Å². The summed E-state index contributed by atoms with van der Waals surface area (Å²) < 4.78 is 19.9. The van der Waals surface area contributed by atoms with Crippen molar-refractivity contribution in [3.8, 4) is 11.1 Å². The number of aromatic amines is 1. The average Bonchev–Trinajstić information content (AvgIpc) is 3.42. The van der Waals surface area contributed by atoms with Crippen LogP contribution in [-0.4, -0.2) is 39.9 Å². The molecule has 0 spiro atoms. The summed E-state index contributed by atoms with van der Waals surface area (Å²) in [6, 6.07) is 6.62. The van der Waals surface area contributed by atoms with Crippen LogP contribution in [-0.2, 0) is 6.42 Å². The minimum atomic E-state index is -0.299. The van der Waals surface area contributed by atoms with E-state index < -0.39 is 0 Å². The van der Waals surface area contributed by atoms with Crippen LogP contribution in [0.25, 0.3) is 11.1 Å². The molecule has 0 radical (unpaired) electrons. The largest absolute Gasteiger partial charge is 0.468 e. The van der Waals surface area contributed by atoms with E-state index in [1.54, 1.807) is 29.3 Å². The highest BCUT2D eigenvalue weighted by atomic mass is 19.1. The quantitative estimate of drug-likeness (QED) is 0.700. The van der Waals surface area contributed by atoms with Gasteiger partial charge in [0, 0.05) is 48.7 Å². The molecule has 154 valence electrons. The number of fused-ring (bicyclic) bond motifs is 1. The lowest BCUT2D eigenvalue weighted by Gasteiger charge is -2.32. The average molecular weight is 407 g/mol. The van der Waals surface area contributed by atoms with E-state index in [9.17, 15) is 14.0 Å². The maximum absolute atomic E-state index is 14.3. The molecule has 0 bridgehead atoms. The molecular formula is C23H22FN3O3. The van der Waals surface area contributed by atoms with Gasteiger partial charge in [-0.15, -0.1) is 0 Å². The lowest BCUT2D eigenvalue weighted by Crippen LogP contribution is -2.39. The number of H-pyrrole nitrogens is 1. The summed E-state index contributed by atoms with van der Waals surface area (Å²) in [5.74, 6) is 0.147. The zero-order valence-corrected chi connectivity index (χ0v) is 16.5. The molecule has 1 atom stereocenters. The molecule has 1 unspecified atom stereocenters. The first-order chi connectivity index (χ1) is 14.6. The number of nitrogens with one attached hydrogen (secondary N) is 1. The molecule has 1 fully saturated rings. The number of Topliss-reactive ketones (excluding diaryl/α,β-unsaturated/α-hetero) is 1. The summed E-state index contributed by atoms with van der Waals surface area (Å²) in [4.78, 5) is 27.4. The molecule has 2 aliphatic rings. The maximum Gasteiger partial charge on any atom is 0.257 e. The highest BCUT2D eigenvalue weighted by Gasteiger charge is 2.33. The highest BCUT2D eigenvalue weighted by molar-refractivity contribution is 6.09. The summed E-state index contributed by atoms with van der Waals surface area (Å²) in [6.07, 6.45) is 6.67. The number of carbonyl (C=O) groups is 2. The van der Waals surface area contributed by atoms with E-state index in [1.165, 1.54) is 12.3 Å². The Labute approximate surface area is 173 Å². The summed E-state index contributed by atoms with van der Waals surface area (Å²) >= 11 is 0. The van der Waals surface area contributed by atoms with Crippen LogP contribution in [0.2, 0.25) is 0 Å². The van der Waals surface area contributed by atoms with Crippen LogP contribution < -0.4 is 0 Å². The smallest absolute Gasteiger partial charge is 0.257 e. The van der Waals surface area contributed by atoms with Crippen molar-refractivity contribution in [1.29, 1.82) is 0 Å². The first-order valence-electron chi connectivity index (χ1n) is 10.3. The number of benzene rings is 1. The minimum Gasteiger partial charge on any atom is -0.468 e. The molecule has 2 aromatic heterocycles. The molecule has 6 nitrogen and oxygen atoms in total. The van der Waals surface area contributed by atoms with Crippen LogP contribution in [0, 0.1) is 5.82 Å². The van der Waals surface area contributed by atoms with Gasteiger partial charge in [-0.05, 0) is 25.3 Å². The van der Waals surface area contributed by atoms with Gasteiger partial charge in [0.1, 0.15) is 17.8 Å². The van der Waals surface area contributed by atoms with Gasteiger partial charge in [0.25, 0.3) is 5.91 Å². The van der Waals surface area contributed by atoms with Crippen molar-refractivity contribution in [2.75, 3.05) is 13.1 Å². The SMILES string of the molecule is O=C1CCCc2occ(C(=O)N3CCCC(c4[nH]ncc4-c4ccccc4F)C3)c21. The molecular weight excluding hydrogens is 385 g/mol. The van der Waals surface area contributed by atoms with Crippen molar-refractivity contribution >= 4 is 11.7 Å². The number of aryl methyl sites for hydroxylation is 1. The Morgan fingerprint density at radius 1 is 1.20 bits per heavy atom. The van der Waals surface area contributed by atoms with E-state index in [4.69, 9.17) is 4.42 Å². The van der Waals surface area contributed by atoms with E-state index in [1.807, 2.05) is 0 Å². The number of ketones is 1. The van der Waals surface area contributed by atoms with E-state index in [2.05, 4.69) is 10.2 Å². The van der Waals surface area contributed by atoms with Crippen molar-refractivity contribution < 1.29 is 18.4 Å². The molecule has 3 heterocycles. The number of furan rings is 1. The Hall–Kier alpha value is -3.22. The van der Waals surface area contributed by atoms with Crippen molar-refractivity contribution in [2.24, 2.45) is 0 Å². The molecule has 1 saturated heterocycles. The van der Waals surface area contributed by atoms with Crippen LogP contribution >= 0.6 is 0 Å². The lowest BCUT2D eigenvalue weighted by molar-refractivity contribution is 0.0701. The normalized spacial score (nSPS) is 19.0. The Bertz CT molecular complexity index is 1120. The molecule has 1 aromatic carbocycles. The number of likely N-dealkylation sites (tertiary alicyclic amines) is 1. The first-order valence-corrected chi connectivity index (χ1v) is 10.3. The third kappa shape index (κ3) is 3.14. The molecule has 1 N–H and O–H groups in total. The molecule has 5 rings (SSSR count). The van der Waals surface area contributed by atoms with E-state index in [-0.39, 0.29) is 23.4 Å². The van der Waals surface area contributed by atoms with E-state index in [0.29, 0.717) is 48.4 Å². The second-order valence-corrected chi connectivity index (χ2v) is 7.99. The van der Waals surface area contributed by atoms with Gasteiger partial charge in [0.05, 0.1) is 17.3 Å². The molecule has 0 saturated carbocycles. The first kappa shape index (κ1) is 18.8. The van der Waals surface area contributed by atoms with Gasteiger partial charge >= 0.3 is 0 Å². The number of amides is 1. The van der Waals surface area contributed by atoms with Crippen molar-refractivity contribution in [2.45, 2.75) is 38.0 Å². The molecule has 1 aliphatic carbocycles. The Kier molecular flexibility index (Phi) is 4.73. The van der Waals surface area contributed by atoms with Crippen molar-refractivity contribution in [1.82, 2.24) is 15.1 Å². The van der Waals surface area contributed by atoms with E-state index >= 15 is 0 Å². The Balaban J connectivity index is 1.41. The number of piperidine rings is 1. The standard InChI is InChI=1S/C23H22FN3O3/c24-18-7-2-1-6-15(18)16-11-25-26-22(16)14-5-4-10-27(12-14)23(29)17-13-30-20-9-3-8-19(28)21(17)20/h1-2,6-7,11,13-14H,3-5,8-10,12H2,(H,25,26). The van der Waals surface area contributed by atoms with Crippen LogP contribution in [0.3, 0.4) is 0 Å². The number of nitrogens with zero attached hydrogens (tertiary/aromatic N) is 2. The summed E-state index contributed by atoms with van der Waals surface area (Å²) in [7, 11) is 0. The van der Waals surface area contributed by atoms with Gasteiger partial charge in [-0.25, -0.2) is 4.39 Å². The zero-order chi connectivity index (χ0) is 20.7. The lowest BCUT2D eigenvalue weighted by atomic mass is 9.89. The zero-order valence-electron chi connectivity index (χ0n) is 16.5. The number of hydrogen-bond donors (Lipinski definition) is 1. The van der Waals surface area contributed by atoms with Crippen LogP contribution in [0.5, 0.6) is 0 Å². The summed E-state index contributed by atoms with van der Waals surface area (Å²) in [5, 5.41) is 7.17. The monoisotopic (exact) mass is 407 g/mol. The number of rotatable bonds is 3. The fourth-order valence-electron chi connectivity index (χ4n) is 4.65. The summed E-state index contributed by atoms with van der Waals surface area (Å²) in [5.41, 5.74) is 2.89. The predicted octanol–water partition coefficient (Wildman–Crippen LogP) is 4.35. The third-order valence-corrected chi connectivity index (χ3v) is 6.13. The van der Waals surface area contributed by atoms with Crippen LogP contribution in [0.1, 0.15) is 63.8 Å². The molecule has 1 aliphatic heterocycles. The van der Waals surface area contributed by atoms with Gasteiger partial charge in [-0.2, -0.15) is 5.10 Å². The highest BCUT2D eigenvalue weighted by Crippen LogP contribution is 2.35. The number of carbonyl (C=O) groups excluding carboxylic acids is 2. The minimum absolute atomic E-state index is 0.0123. The van der Waals surface area contributed by atoms with E-state index in [0.717, 1.165) is 30.5 Å². The fraction of sp³-hybridized carbons (Fsp3) is 0.348. The van der Waals surface area contributed by atoms with Crippen LogP contribution in [0.15, 0.2) is 41.1 Å². The van der Waals surface area contributed by atoms with Crippen LogP contribution in [0.4, 0.5) is 4.39 Å². The van der Waals surface area contributed by atoms with Crippen molar-refractivity contribution in [3.05, 3.63) is 65.1 Å².